The number of hydrogen-bond donors (Lipinski definition) is 1. The topological polar surface area (TPSA) is 73.0 Å². The van der Waals surface area contributed by atoms with Crippen LogP contribution < -0.4 is 5.32 Å². The first-order chi connectivity index (χ1) is 9.49. The standard InChI is InChI=1S/C13H15ClN4O2/c1-9-7-12(18(19)20)10(14)8-11(9)15-4-3-13-16-5-6-17(13)2/h5-8,15H,3-4H2,1-2H3. The van der Waals surface area contributed by atoms with Crippen LogP contribution in [0, 0.1) is 17.0 Å². The van der Waals surface area contributed by atoms with Crippen molar-refractivity contribution in [3.63, 3.8) is 0 Å². The van der Waals surface area contributed by atoms with E-state index < -0.39 is 4.92 Å². The lowest BCUT2D eigenvalue weighted by atomic mass is 10.1. The highest BCUT2D eigenvalue weighted by molar-refractivity contribution is 6.33. The molecule has 1 heterocycles. The van der Waals surface area contributed by atoms with Gasteiger partial charge in [0.15, 0.2) is 0 Å². The number of nitrogens with zero attached hydrogens (tertiary/aromatic N) is 3. The van der Waals surface area contributed by atoms with Gasteiger partial charge < -0.3 is 9.88 Å². The average Bonchev–Trinajstić information content (AvgIpc) is 2.78. The first-order valence-electron chi connectivity index (χ1n) is 6.13. The van der Waals surface area contributed by atoms with Gasteiger partial charge in [-0.15, -0.1) is 0 Å². The van der Waals surface area contributed by atoms with Gasteiger partial charge in [-0.1, -0.05) is 11.6 Å². The second-order valence-electron chi connectivity index (χ2n) is 4.51. The van der Waals surface area contributed by atoms with E-state index in [0.29, 0.717) is 6.54 Å². The minimum absolute atomic E-state index is 0.0705. The average molecular weight is 295 g/mol. The monoisotopic (exact) mass is 294 g/mol. The number of rotatable bonds is 5. The normalized spacial score (nSPS) is 10.6. The molecule has 0 unspecified atom stereocenters. The third-order valence-electron chi connectivity index (χ3n) is 3.08. The van der Waals surface area contributed by atoms with Crippen molar-refractivity contribution in [2.75, 3.05) is 11.9 Å². The van der Waals surface area contributed by atoms with Crippen molar-refractivity contribution in [3.05, 3.63) is 51.1 Å². The number of hydrogen-bond acceptors (Lipinski definition) is 4. The molecule has 0 saturated heterocycles. The zero-order valence-electron chi connectivity index (χ0n) is 11.3. The fourth-order valence-electron chi connectivity index (χ4n) is 1.94. The van der Waals surface area contributed by atoms with E-state index in [0.717, 1.165) is 23.5 Å². The van der Waals surface area contributed by atoms with E-state index in [2.05, 4.69) is 10.3 Å². The molecule has 0 atom stereocenters. The molecule has 0 aliphatic heterocycles. The molecule has 106 valence electrons. The number of aryl methyl sites for hydroxylation is 2. The van der Waals surface area contributed by atoms with E-state index in [9.17, 15) is 10.1 Å². The lowest BCUT2D eigenvalue weighted by Crippen LogP contribution is -2.09. The summed E-state index contributed by atoms with van der Waals surface area (Å²) in [7, 11) is 1.94. The van der Waals surface area contributed by atoms with Gasteiger partial charge in [-0.05, 0) is 18.6 Å². The van der Waals surface area contributed by atoms with Crippen LogP contribution in [0.25, 0.3) is 0 Å². The Morgan fingerprint density at radius 3 is 2.85 bits per heavy atom. The van der Waals surface area contributed by atoms with E-state index in [4.69, 9.17) is 11.6 Å². The lowest BCUT2D eigenvalue weighted by molar-refractivity contribution is -0.384. The maximum atomic E-state index is 10.8. The van der Waals surface area contributed by atoms with E-state index in [1.165, 1.54) is 6.07 Å². The molecule has 0 spiro atoms. The molecule has 1 aromatic heterocycles. The molecule has 0 amide bonds. The minimum Gasteiger partial charge on any atom is -0.384 e. The summed E-state index contributed by atoms with van der Waals surface area (Å²) in [5.74, 6) is 0.975. The summed E-state index contributed by atoms with van der Waals surface area (Å²) in [4.78, 5) is 14.5. The third kappa shape index (κ3) is 3.08. The summed E-state index contributed by atoms with van der Waals surface area (Å²) in [5.41, 5.74) is 1.52. The van der Waals surface area contributed by atoms with E-state index in [-0.39, 0.29) is 10.7 Å². The quantitative estimate of drug-likeness (QED) is 0.680. The smallest absolute Gasteiger partial charge is 0.288 e. The van der Waals surface area contributed by atoms with Crippen LogP contribution in [0.4, 0.5) is 11.4 Å². The molecule has 0 saturated carbocycles. The van der Waals surface area contributed by atoms with Gasteiger partial charge >= 0.3 is 0 Å². The Balaban J connectivity index is 2.05. The van der Waals surface area contributed by atoms with Crippen LogP contribution in [-0.4, -0.2) is 21.0 Å². The van der Waals surface area contributed by atoms with Gasteiger partial charge in [0.05, 0.1) is 4.92 Å². The molecule has 0 aliphatic rings. The number of aromatic nitrogens is 2. The van der Waals surface area contributed by atoms with E-state index >= 15 is 0 Å². The number of halogens is 1. The zero-order valence-corrected chi connectivity index (χ0v) is 12.0. The van der Waals surface area contributed by atoms with Gasteiger partial charge in [0.2, 0.25) is 0 Å². The van der Waals surface area contributed by atoms with Crippen LogP contribution in [0.1, 0.15) is 11.4 Å². The summed E-state index contributed by atoms with van der Waals surface area (Å²) in [5, 5.41) is 14.1. The molecule has 2 rings (SSSR count). The number of imidazole rings is 1. The van der Waals surface area contributed by atoms with Gasteiger partial charge in [-0.25, -0.2) is 4.98 Å². The molecule has 0 radical (unpaired) electrons. The minimum atomic E-state index is -0.479. The molecule has 0 aliphatic carbocycles. The van der Waals surface area contributed by atoms with Crippen LogP contribution in [-0.2, 0) is 13.5 Å². The third-order valence-corrected chi connectivity index (χ3v) is 3.38. The number of nitro benzene ring substituents is 1. The zero-order chi connectivity index (χ0) is 14.7. The fraction of sp³-hybridized carbons (Fsp3) is 0.308. The van der Waals surface area contributed by atoms with Crippen LogP contribution in [0.2, 0.25) is 5.02 Å². The number of nitro groups is 1. The number of benzene rings is 1. The van der Waals surface area contributed by atoms with Crippen LogP contribution in [0.3, 0.4) is 0 Å². The van der Waals surface area contributed by atoms with Crippen LogP contribution in [0.15, 0.2) is 24.5 Å². The van der Waals surface area contributed by atoms with Crippen molar-refractivity contribution in [3.8, 4) is 0 Å². The summed E-state index contributed by atoms with van der Waals surface area (Å²) in [6.45, 7) is 2.49. The number of nitrogens with one attached hydrogen (secondary N) is 1. The van der Waals surface area contributed by atoms with E-state index in [1.807, 2.05) is 24.7 Å². The molecule has 2 aromatic rings. The van der Waals surface area contributed by atoms with Crippen molar-refractivity contribution < 1.29 is 4.92 Å². The molecule has 1 N–H and O–H groups in total. The van der Waals surface area contributed by atoms with Crippen molar-refractivity contribution in [2.45, 2.75) is 13.3 Å². The van der Waals surface area contributed by atoms with Crippen molar-refractivity contribution in [1.82, 2.24) is 9.55 Å². The molecule has 0 fully saturated rings. The molecular formula is C13H15ClN4O2. The highest BCUT2D eigenvalue weighted by Crippen LogP contribution is 2.30. The summed E-state index contributed by atoms with van der Waals surface area (Å²) < 4.78 is 1.96. The van der Waals surface area contributed by atoms with Crippen LogP contribution in [0.5, 0.6) is 0 Å². The Morgan fingerprint density at radius 1 is 1.50 bits per heavy atom. The Kier molecular flexibility index (Phi) is 4.24. The van der Waals surface area contributed by atoms with Gasteiger partial charge in [-0.2, -0.15) is 0 Å². The molecule has 6 nitrogen and oxygen atoms in total. The Labute approximate surface area is 121 Å². The molecular weight excluding hydrogens is 280 g/mol. The SMILES string of the molecule is Cc1cc([N+](=O)[O-])c(Cl)cc1NCCc1nccn1C. The Bertz CT molecular complexity index is 639. The van der Waals surface area contributed by atoms with Crippen LogP contribution >= 0.6 is 11.6 Å². The Morgan fingerprint density at radius 2 is 2.25 bits per heavy atom. The fourth-order valence-corrected chi connectivity index (χ4v) is 2.18. The van der Waals surface area contributed by atoms with Crippen molar-refractivity contribution in [2.24, 2.45) is 7.05 Å². The van der Waals surface area contributed by atoms with Gasteiger partial charge in [-0.3, -0.25) is 10.1 Å². The van der Waals surface area contributed by atoms with Gasteiger partial charge in [0, 0.05) is 44.2 Å². The Hall–Kier alpha value is -2.08. The summed E-state index contributed by atoms with van der Waals surface area (Å²) in [6.07, 6.45) is 4.41. The number of anilines is 1. The second kappa shape index (κ2) is 5.92. The second-order valence-corrected chi connectivity index (χ2v) is 4.91. The lowest BCUT2D eigenvalue weighted by Gasteiger charge is -2.10. The van der Waals surface area contributed by atoms with Crippen molar-refractivity contribution >= 4 is 23.0 Å². The molecule has 0 bridgehead atoms. The highest BCUT2D eigenvalue weighted by atomic mass is 35.5. The van der Waals surface area contributed by atoms with Gasteiger partial charge in [0.1, 0.15) is 10.8 Å². The predicted octanol–water partition coefficient (Wildman–Crippen LogP) is 2.94. The first kappa shape index (κ1) is 14.3. The summed E-state index contributed by atoms with van der Waals surface area (Å²) >= 11 is 5.90. The molecule has 7 heteroatoms. The molecule has 1 aromatic carbocycles. The molecule has 20 heavy (non-hydrogen) atoms. The maximum absolute atomic E-state index is 10.8. The summed E-state index contributed by atoms with van der Waals surface area (Å²) in [6, 6.07) is 3.07. The first-order valence-corrected chi connectivity index (χ1v) is 6.51. The highest BCUT2D eigenvalue weighted by Gasteiger charge is 2.14. The van der Waals surface area contributed by atoms with Crippen molar-refractivity contribution in [1.29, 1.82) is 0 Å². The predicted molar refractivity (Wildman–Crippen MR) is 78.2 cm³/mol. The van der Waals surface area contributed by atoms with Gasteiger partial charge in [0.25, 0.3) is 5.69 Å². The maximum Gasteiger partial charge on any atom is 0.288 e. The largest absolute Gasteiger partial charge is 0.384 e. The van der Waals surface area contributed by atoms with E-state index in [1.54, 1.807) is 12.3 Å².